The van der Waals surface area contributed by atoms with Gasteiger partial charge in [-0.2, -0.15) is 0 Å². The molecule has 0 fully saturated rings. The molecule has 0 unspecified atom stereocenters. The van der Waals surface area contributed by atoms with Gasteiger partial charge in [-0.1, -0.05) is 12.1 Å². The summed E-state index contributed by atoms with van der Waals surface area (Å²) < 4.78 is 18.8. The highest BCUT2D eigenvalue weighted by Crippen LogP contribution is 2.25. The minimum atomic E-state index is -0.400. The summed E-state index contributed by atoms with van der Waals surface area (Å²) in [5.74, 6) is -0.557. The van der Waals surface area contributed by atoms with Crippen LogP contribution in [-0.2, 0) is 11.2 Å². The Labute approximate surface area is 144 Å². The standard InChI is InChI=1S/C20H18FNO3/c1-11-4-5-14(8-16(11)21)9-19(23)22-17-10-15-12(2)7-20(24)25-18(15)6-13(17)3/h4-8,10H,9H2,1-3H3,(H,22,23). The zero-order valence-corrected chi connectivity index (χ0v) is 14.3. The van der Waals surface area contributed by atoms with Gasteiger partial charge in [0.15, 0.2) is 0 Å². The summed E-state index contributed by atoms with van der Waals surface area (Å²) in [6, 6.07) is 9.70. The van der Waals surface area contributed by atoms with Gasteiger partial charge >= 0.3 is 5.63 Å². The molecule has 3 aromatic rings. The molecule has 0 spiro atoms. The van der Waals surface area contributed by atoms with Crippen LogP contribution in [0.4, 0.5) is 10.1 Å². The lowest BCUT2D eigenvalue weighted by atomic mass is 10.1. The Morgan fingerprint density at radius 3 is 2.52 bits per heavy atom. The largest absolute Gasteiger partial charge is 0.423 e. The Kier molecular flexibility index (Phi) is 4.40. The molecular weight excluding hydrogens is 321 g/mol. The van der Waals surface area contributed by atoms with Gasteiger partial charge < -0.3 is 9.73 Å². The highest BCUT2D eigenvalue weighted by molar-refractivity contribution is 5.96. The van der Waals surface area contributed by atoms with E-state index in [4.69, 9.17) is 4.42 Å². The van der Waals surface area contributed by atoms with Crippen molar-refractivity contribution in [1.29, 1.82) is 0 Å². The molecule has 1 heterocycles. The molecule has 25 heavy (non-hydrogen) atoms. The molecule has 0 aliphatic rings. The fraction of sp³-hybridized carbons (Fsp3) is 0.200. The molecule has 0 saturated carbocycles. The van der Waals surface area contributed by atoms with Crippen molar-refractivity contribution in [2.75, 3.05) is 5.32 Å². The van der Waals surface area contributed by atoms with Gasteiger partial charge in [-0.25, -0.2) is 9.18 Å². The maximum atomic E-state index is 13.6. The number of hydrogen-bond acceptors (Lipinski definition) is 3. The van der Waals surface area contributed by atoms with Crippen LogP contribution < -0.4 is 10.9 Å². The highest BCUT2D eigenvalue weighted by Gasteiger charge is 2.11. The lowest BCUT2D eigenvalue weighted by molar-refractivity contribution is -0.115. The zero-order chi connectivity index (χ0) is 18.1. The van der Waals surface area contributed by atoms with Crippen molar-refractivity contribution in [3.63, 3.8) is 0 Å². The Hall–Kier alpha value is -2.95. The molecule has 2 aromatic carbocycles. The summed E-state index contributed by atoms with van der Waals surface area (Å²) in [4.78, 5) is 23.8. The van der Waals surface area contributed by atoms with Crippen LogP contribution in [0.25, 0.3) is 11.0 Å². The van der Waals surface area contributed by atoms with Gasteiger partial charge in [-0.15, -0.1) is 0 Å². The number of amides is 1. The maximum Gasteiger partial charge on any atom is 0.336 e. The van der Waals surface area contributed by atoms with E-state index in [0.29, 0.717) is 22.4 Å². The van der Waals surface area contributed by atoms with E-state index in [1.165, 1.54) is 12.1 Å². The monoisotopic (exact) mass is 339 g/mol. The summed E-state index contributed by atoms with van der Waals surface area (Å²) in [5, 5.41) is 3.61. The molecular formula is C20H18FNO3. The Morgan fingerprint density at radius 1 is 1.04 bits per heavy atom. The van der Waals surface area contributed by atoms with Crippen LogP contribution in [0.5, 0.6) is 0 Å². The topological polar surface area (TPSA) is 59.3 Å². The third kappa shape index (κ3) is 3.60. The van der Waals surface area contributed by atoms with Crippen LogP contribution in [0.3, 0.4) is 0 Å². The maximum absolute atomic E-state index is 13.6. The quantitative estimate of drug-likeness (QED) is 0.733. The fourth-order valence-electron chi connectivity index (χ4n) is 2.73. The van der Waals surface area contributed by atoms with Gasteiger partial charge in [-0.05, 0) is 61.2 Å². The number of carbonyl (C=O) groups is 1. The van der Waals surface area contributed by atoms with E-state index in [1.54, 1.807) is 31.2 Å². The molecule has 0 aliphatic carbocycles. The number of nitrogens with one attached hydrogen (secondary N) is 1. The predicted molar refractivity (Wildman–Crippen MR) is 95.4 cm³/mol. The highest BCUT2D eigenvalue weighted by atomic mass is 19.1. The molecule has 3 rings (SSSR count). The minimum Gasteiger partial charge on any atom is -0.423 e. The number of anilines is 1. The first-order chi connectivity index (χ1) is 11.8. The fourth-order valence-corrected chi connectivity index (χ4v) is 2.73. The van der Waals surface area contributed by atoms with Gasteiger partial charge in [0.25, 0.3) is 0 Å². The van der Waals surface area contributed by atoms with E-state index in [0.717, 1.165) is 16.5 Å². The summed E-state index contributed by atoms with van der Waals surface area (Å²) >= 11 is 0. The van der Waals surface area contributed by atoms with Crippen LogP contribution in [0.2, 0.25) is 0 Å². The number of carbonyl (C=O) groups excluding carboxylic acids is 1. The summed E-state index contributed by atoms with van der Waals surface area (Å²) in [6.07, 6.45) is 0.0809. The second-order valence-corrected chi connectivity index (χ2v) is 6.22. The van der Waals surface area contributed by atoms with E-state index in [-0.39, 0.29) is 18.1 Å². The molecule has 0 aliphatic heterocycles. The first kappa shape index (κ1) is 16.9. The number of halogens is 1. The second-order valence-electron chi connectivity index (χ2n) is 6.22. The second kappa shape index (κ2) is 6.51. The van der Waals surface area contributed by atoms with Crippen LogP contribution in [0, 0.1) is 26.6 Å². The number of benzene rings is 2. The van der Waals surface area contributed by atoms with Crippen molar-refractivity contribution in [2.24, 2.45) is 0 Å². The number of hydrogen-bond donors (Lipinski definition) is 1. The average molecular weight is 339 g/mol. The van der Waals surface area contributed by atoms with Gasteiger partial charge in [0.2, 0.25) is 5.91 Å². The lowest BCUT2D eigenvalue weighted by Gasteiger charge is -2.11. The minimum absolute atomic E-state index is 0.0809. The van der Waals surface area contributed by atoms with Gasteiger partial charge in [-0.3, -0.25) is 4.79 Å². The van der Waals surface area contributed by atoms with E-state index in [9.17, 15) is 14.0 Å². The molecule has 1 N–H and O–H groups in total. The molecule has 128 valence electrons. The van der Waals surface area contributed by atoms with Crippen molar-refractivity contribution in [3.8, 4) is 0 Å². The molecule has 0 radical (unpaired) electrons. The van der Waals surface area contributed by atoms with Crippen LogP contribution in [0.1, 0.15) is 22.3 Å². The van der Waals surface area contributed by atoms with Crippen molar-refractivity contribution in [1.82, 2.24) is 0 Å². The van der Waals surface area contributed by atoms with Crippen molar-refractivity contribution < 1.29 is 13.6 Å². The molecule has 1 amide bonds. The van der Waals surface area contributed by atoms with E-state index < -0.39 is 5.63 Å². The van der Waals surface area contributed by atoms with E-state index in [2.05, 4.69) is 5.32 Å². The molecule has 0 bridgehead atoms. The van der Waals surface area contributed by atoms with Crippen molar-refractivity contribution >= 4 is 22.6 Å². The van der Waals surface area contributed by atoms with Crippen LogP contribution in [-0.4, -0.2) is 5.91 Å². The molecule has 5 heteroatoms. The van der Waals surface area contributed by atoms with Gasteiger partial charge in [0, 0.05) is 17.1 Å². The number of aryl methyl sites for hydroxylation is 3. The SMILES string of the molecule is Cc1ccc(CC(=O)Nc2cc3c(C)cc(=O)oc3cc2C)cc1F. The average Bonchev–Trinajstić information content (AvgIpc) is 2.52. The normalized spacial score (nSPS) is 10.9. The zero-order valence-electron chi connectivity index (χ0n) is 14.3. The lowest BCUT2D eigenvalue weighted by Crippen LogP contribution is -2.15. The van der Waals surface area contributed by atoms with Crippen molar-refractivity contribution in [2.45, 2.75) is 27.2 Å². The van der Waals surface area contributed by atoms with Gasteiger partial charge in [0.1, 0.15) is 11.4 Å². The number of rotatable bonds is 3. The van der Waals surface area contributed by atoms with Crippen molar-refractivity contribution in [3.05, 3.63) is 74.9 Å². The van der Waals surface area contributed by atoms with E-state index >= 15 is 0 Å². The Morgan fingerprint density at radius 2 is 1.80 bits per heavy atom. The summed E-state index contributed by atoms with van der Waals surface area (Å²) in [5.41, 5.74) is 3.45. The number of fused-ring (bicyclic) bond motifs is 1. The van der Waals surface area contributed by atoms with Crippen LogP contribution in [0.15, 0.2) is 45.6 Å². The third-order valence-corrected chi connectivity index (χ3v) is 4.17. The third-order valence-electron chi connectivity index (χ3n) is 4.17. The summed E-state index contributed by atoms with van der Waals surface area (Å²) in [6.45, 7) is 5.32. The first-order valence-corrected chi connectivity index (χ1v) is 7.93. The summed E-state index contributed by atoms with van der Waals surface area (Å²) in [7, 11) is 0. The Balaban J connectivity index is 1.86. The van der Waals surface area contributed by atoms with Crippen LogP contribution >= 0.6 is 0 Å². The molecule has 1 aromatic heterocycles. The van der Waals surface area contributed by atoms with E-state index in [1.807, 2.05) is 13.8 Å². The molecule has 0 saturated heterocycles. The Bertz CT molecular complexity index is 1040. The molecule has 4 nitrogen and oxygen atoms in total. The van der Waals surface area contributed by atoms with Gasteiger partial charge in [0.05, 0.1) is 6.42 Å². The predicted octanol–water partition coefficient (Wildman–Crippen LogP) is 4.04. The molecule has 0 atom stereocenters. The first-order valence-electron chi connectivity index (χ1n) is 7.93. The smallest absolute Gasteiger partial charge is 0.336 e.